The average Bonchev–Trinajstić information content (AvgIpc) is 2.85. The molecule has 7 nitrogen and oxygen atoms in total. The van der Waals surface area contributed by atoms with E-state index in [2.05, 4.69) is 33.7 Å². The van der Waals surface area contributed by atoms with Gasteiger partial charge in [0.1, 0.15) is 5.75 Å². The molecule has 172 valence electrons. The summed E-state index contributed by atoms with van der Waals surface area (Å²) in [5.41, 5.74) is 4.21. The number of nitrogens with zero attached hydrogens (tertiary/aromatic N) is 1. The molecule has 7 heteroatoms. The Kier molecular flexibility index (Phi) is 7.10. The molecule has 1 atom stereocenters. The molecule has 0 aliphatic carbocycles. The van der Waals surface area contributed by atoms with E-state index >= 15 is 0 Å². The highest BCUT2D eigenvalue weighted by atomic mass is 16.5. The van der Waals surface area contributed by atoms with Crippen LogP contribution in [0.1, 0.15) is 30.5 Å². The molecule has 0 unspecified atom stereocenters. The summed E-state index contributed by atoms with van der Waals surface area (Å²) in [5, 5.41) is 5.72. The number of carbonyl (C=O) groups is 2. The van der Waals surface area contributed by atoms with Crippen molar-refractivity contribution in [3.8, 4) is 5.75 Å². The van der Waals surface area contributed by atoms with Gasteiger partial charge < -0.3 is 20.1 Å². The highest BCUT2D eigenvalue weighted by molar-refractivity contribution is 5.95. The lowest BCUT2D eigenvalue weighted by Crippen LogP contribution is -2.48. The molecule has 2 amide bonds. The van der Waals surface area contributed by atoms with Crippen LogP contribution in [0.2, 0.25) is 0 Å². The third-order valence-electron chi connectivity index (χ3n) is 5.91. The minimum absolute atomic E-state index is 0.355. The number of hydrogen-bond donors (Lipinski definition) is 2. The number of para-hydroxylation sites is 1. The number of carbonyl (C=O) groups excluding carboxylic acids is 2. The normalized spacial score (nSPS) is 18.8. The Bertz CT molecular complexity index is 1080. The van der Waals surface area contributed by atoms with Crippen molar-refractivity contribution in [2.24, 2.45) is 0 Å². The van der Waals surface area contributed by atoms with Crippen molar-refractivity contribution in [3.05, 3.63) is 83.1 Å². The molecule has 0 radical (unpaired) electrons. The Labute approximate surface area is 194 Å². The van der Waals surface area contributed by atoms with Crippen LogP contribution in [-0.4, -0.2) is 50.3 Å². The van der Waals surface area contributed by atoms with E-state index < -0.39 is 12.0 Å². The van der Waals surface area contributed by atoms with Crippen molar-refractivity contribution in [1.29, 1.82) is 0 Å². The smallest absolute Gasteiger partial charge is 0.338 e. The van der Waals surface area contributed by atoms with Gasteiger partial charge in [0.25, 0.3) is 0 Å². The van der Waals surface area contributed by atoms with Gasteiger partial charge in [-0.25, -0.2) is 9.59 Å². The summed E-state index contributed by atoms with van der Waals surface area (Å²) in [7, 11) is 1.35. The number of ether oxygens (including phenoxy) is 2. The lowest BCUT2D eigenvalue weighted by Gasteiger charge is -2.33. The molecule has 0 spiro atoms. The number of hydrogen-bond acceptors (Lipinski definition) is 5. The number of benzene rings is 2. The van der Waals surface area contributed by atoms with Crippen molar-refractivity contribution in [2.45, 2.75) is 19.4 Å². The van der Waals surface area contributed by atoms with Crippen LogP contribution >= 0.6 is 0 Å². The van der Waals surface area contributed by atoms with Crippen molar-refractivity contribution >= 4 is 17.6 Å². The molecule has 2 N–H and O–H groups in total. The molecule has 4 rings (SSSR count). The molecule has 0 saturated heterocycles. The fourth-order valence-electron chi connectivity index (χ4n) is 4.33. The third-order valence-corrected chi connectivity index (χ3v) is 5.91. The van der Waals surface area contributed by atoms with Gasteiger partial charge in [-0.3, -0.25) is 4.90 Å². The Morgan fingerprint density at radius 1 is 1.12 bits per heavy atom. The van der Waals surface area contributed by atoms with Crippen LogP contribution in [0, 0.1) is 0 Å². The highest BCUT2D eigenvalue weighted by Gasteiger charge is 2.35. The molecule has 0 saturated carbocycles. The lowest BCUT2D eigenvalue weighted by molar-refractivity contribution is -0.136. The molecule has 33 heavy (non-hydrogen) atoms. The second-order valence-electron chi connectivity index (χ2n) is 7.97. The quantitative estimate of drug-likeness (QED) is 0.634. The van der Waals surface area contributed by atoms with Gasteiger partial charge in [-0.05, 0) is 30.5 Å². The van der Waals surface area contributed by atoms with Gasteiger partial charge in [0.15, 0.2) is 0 Å². The number of urea groups is 1. The van der Waals surface area contributed by atoms with Crippen LogP contribution in [0.5, 0.6) is 5.75 Å². The zero-order valence-corrected chi connectivity index (χ0v) is 19.0. The predicted octanol–water partition coefficient (Wildman–Crippen LogP) is 3.66. The van der Waals surface area contributed by atoms with Gasteiger partial charge in [0.2, 0.25) is 0 Å². The molecule has 2 aliphatic rings. The molecule has 0 aromatic heterocycles. The Hall–Kier alpha value is -3.58. The molecular formula is C26H29N3O4. The summed E-state index contributed by atoms with van der Waals surface area (Å²) in [5.74, 6) is 0.146. The second kappa shape index (κ2) is 10.4. The summed E-state index contributed by atoms with van der Waals surface area (Å²) in [6.07, 6.45) is 3.11. The Morgan fingerprint density at radius 3 is 2.58 bits per heavy atom. The first-order valence-corrected chi connectivity index (χ1v) is 11.2. The lowest BCUT2D eigenvalue weighted by atomic mass is 9.93. The third kappa shape index (κ3) is 5.09. The van der Waals surface area contributed by atoms with Crippen LogP contribution in [0.15, 0.2) is 71.9 Å². The van der Waals surface area contributed by atoms with E-state index in [9.17, 15) is 9.59 Å². The summed E-state index contributed by atoms with van der Waals surface area (Å²) in [6.45, 7) is 4.36. The van der Waals surface area contributed by atoms with E-state index in [4.69, 9.17) is 9.47 Å². The van der Waals surface area contributed by atoms with Crippen LogP contribution in [0.3, 0.4) is 0 Å². The molecule has 2 aromatic carbocycles. The molecule has 2 aromatic rings. The van der Waals surface area contributed by atoms with E-state index in [0.717, 1.165) is 25.1 Å². The van der Waals surface area contributed by atoms with Crippen LogP contribution in [-0.2, 0) is 9.53 Å². The van der Waals surface area contributed by atoms with E-state index in [1.54, 1.807) is 0 Å². The maximum atomic E-state index is 12.9. The topological polar surface area (TPSA) is 79.9 Å². The average molecular weight is 448 g/mol. The van der Waals surface area contributed by atoms with Gasteiger partial charge in [0.05, 0.1) is 25.3 Å². The maximum Gasteiger partial charge on any atom is 0.338 e. The number of methoxy groups -OCH3 is 1. The molecule has 0 fully saturated rings. The zero-order chi connectivity index (χ0) is 23.2. The number of amides is 2. The van der Waals surface area contributed by atoms with Crippen molar-refractivity contribution in [2.75, 3.05) is 33.4 Å². The highest BCUT2D eigenvalue weighted by Crippen LogP contribution is 2.34. The molecule has 2 heterocycles. The van der Waals surface area contributed by atoms with E-state index in [1.165, 1.54) is 18.2 Å². The van der Waals surface area contributed by atoms with Gasteiger partial charge in [-0.15, -0.1) is 0 Å². The largest absolute Gasteiger partial charge is 0.494 e. The number of nitrogens with one attached hydrogen (secondary N) is 2. The first kappa shape index (κ1) is 22.6. The first-order chi connectivity index (χ1) is 16.1. The van der Waals surface area contributed by atoms with Crippen molar-refractivity contribution in [1.82, 2.24) is 15.5 Å². The second-order valence-corrected chi connectivity index (χ2v) is 7.97. The number of esters is 1. The Balaban J connectivity index is 1.63. The van der Waals surface area contributed by atoms with Crippen LogP contribution in [0.4, 0.5) is 4.79 Å². The van der Waals surface area contributed by atoms with Gasteiger partial charge >= 0.3 is 12.0 Å². The first-order valence-electron chi connectivity index (χ1n) is 11.2. The van der Waals surface area contributed by atoms with Gasteiger partial charge in [0, 0.05) is 30.9 Å². The minimum atomic E-state index is -0.663. The van der Waals surface area contributed by atoms with E-state index in [-0.39, 0.29) is 6.03 Å². The fraction of sp³-hybridized carbons (Fsp3) is 0.308. The van der Waals surface area contributed by atoms with Crippen molar-refractivity contribution in [3.63, 3.8) is 0 Å². The standard InChI is InChI=1S/C26H29N3O4/c1-3-33-22-12-8-7-11-20(22)24-23(25(30)32-2)21(27-26(31)28-24)17-29-15-13-19(14-16-29)18-9-5-4-6-10-18/h4-13,24H,3,14-17H2,1-2H3,(H2,27,28,31)/t24-/m0/s1. The molecule has 2 aliphatic heterocycles. The van der Waals surface area contributed by atoms with Crippen LogP contribution < -0.4 is 15.4 Å². The Morgan fingerprint density at radius 2 is 1.88 bits per heavy atom. The monoisotopic (exact) mass is 447 g/mol. The summed E-state index contributed by atoms with van der Waals surface area (Å²) in [6, 6.07) is 16.7. The van der Waals surface area contributed by atoms with Crippen molar-refractivity contribution < 1.29 is 19.1 Å². The summed E-state index contributed by atoms with van der Waals surface area (Å²) >= 11 is 0. The minimum Gasteiger partial charge on any atom is -0.494 e. The molecule has 0 bridgehead atoms. The number of rotatable bonds is 7. The predicted molar refractivity (Wildman–Crippen MR) is 127 cm³/mol. The van der Waals surface area contributed by atoms with E-state index in [0.29, 0.717) is 30.2 Å². The van der Waals surface area contributed by atoms with E-state index in [1.807, 2.05) is 49.4 Å². The van der Waals surface area contributed by atoms with Crippen LogP contribution in [0.25, 0.3) is 5.57 Å². The maximum absolute atomic E-state index is 12.9. The SMILES string of the molecule is CCOc1ccccc1[C@@H]1NC(=O)NC(CN2CC=C(c3ccccc3)CC2)=C1C(=O)OC. The summed E-state index contributed by atoms with van der Waals surface area (Å²) < 4.78 is 10.9. The van der Waals surface area contributed by atoms with Gasteiger partial charge in [-0.2, -0.15) is 0 Å². The fourth-order valence-corrected chi connectivity index (χ4v) is 4.33. The summed E-state index contributed by atoms with van der Waals surface area (Å²) in [4.78, 5) is 27.7. The zero-order valence-electron chi connectivity index (χ0n) is 19.0. The van der Waals surface area contributed by atoms with Gasteiger partial charge in [-0.1, -0.05) is 54.6 Å². The molecular weight excluding hydrogens is 418 g/mol.